The summed E-state index contributed by atoms with van der Waals surface area (Å²) in [4.78, 5) is 14.3. The predicted octanol–water partition coefficient (Wildman–Crippen LogP) is 2.24. The van der Waals surface area contributed by atoms with Gasteiger partial charge in [0, 0.05) is 6.04 Å². The van der Waals surface area contributed by atoms with Crippen LogP contribution in [0, 0.1) is 0 Å². The molecule has 110 valence electrons. The van der Waals surface area contributed by atoms with E-state index in [4.69, 9.17) is 0 Å². The van der Waals surface area contributed by atoms with E-state index >= 15 is 0 Å². The Hall–Kier alpha value is -0.610. The first kappa shape index (κ1) is 14.8. The van der Waals surface area contributed by atoms with E-state index in [1.54, 1.807) is 0 Å². The largest absolute Gasteiger partial charge is 0.480 e. The van der Waals surface area contributed by atoms with Crippen molar-refractivity contribution in [2.45, 2.75) is 69.9 Å². The van der Waals surface area contributed by atoms with Gasteiger partial charge in [0.05, 0.1) is 0 Å². The number of carbonyl (C=O) groups is 1. The molecule has 1 aliphatic carbocycles. The molecule has 0 aromatic carbocycles. The van der Waals surface area contributed by atoms with E-state index in [1.165, 1.54) is 25.7 Å². The summed E-state index contributed by atoms with van der Waals surface area (Å²) in [5.41, 5.74) is -0.670. The van der Waals surface area contributed by atoms with Gasteiger partial charge in [-0.15, -0.1) is 0 Å². The lowest BCUT2D eigenvalue weighted by molar-refractivity contribution is -0.147. The molecule has 0 bridgehead atoms. The van der Waals surface area contributed by atoms with E-state index in [2.05, 4.69) is 17.1 Å². The third-order valence-electron chi connectivity index (χ3n) is 4.75. The summed E-state index contributed by atoms with van der Waals surface area (Å²) < 4.78 is 0. The fourth-order valence-electron chi connectivity index (χ4n) is 3.64. The van der Waals surface area contributed by atoms with Crippen molar-refractivity contribution >= 4 is 5.97 Å². The summed E-state index contributed by atoms with van der Waals surface area (Å²) in [6, 6.07) is 0.467. The summed E-state index contributed by atoms with van der Waals surface area (Å²) in [5.74, 6) is -0.650. The maximum absolute atomic E-state index is 11.7. The third kappa shape index (κ3) is 3.48. The predicted molar refractivity (Wildman–Crippen MR) is 76.3 cm³/mol. The van der Waals surface area contributed by atoms with Crippen molar-refractivity contribution in [2.24, 2.45) is 0 Å². The smallest absolute Gasteiger partial charge is 0.323 e. The van der Waals surface area contributed by atoms with Crippen molar-refractivity contribution < 1.29 is 9.90 Å². The summed E-state index contributed by atoms with van der Waals surface area (Å²) in [5, 5.41) is 13.0. The van der Waals surface area contributed by atoms with E-state index in [-0.39, 0.29) is 0 Å². The van der Waals surface area contributed by atoms with Gasteiger partial charge in [-0.05, 0) is 64.6 Å². The highest BCUT2D eigenvalue weighted by Gasteiger charge is 2.43. The molecule has 1 saturated carbocycles. The monoisotopic (exact) mass is 268 g/mol. The average Bonchev–Trinajstić information content (AvgIpc) is 2.46. The van der Waals surface area contributed by atoms with Crippen molar-refractivity contribution in [3.05, 3.63) is 0 Å². The summed E-state index contributed by atoms with van der Waals surface area (Å²) >= 11 is 0. The minimum absolute atomic E-state index is 0.467. The lowest BCUT2D eigenvalue weighted by Crippen LogP contribution is -2.58. The second-order valence-electron chi connectivity index (χ2n) is 6.16. The molecule has 2 aliphatic rings. The Kier molecular flexibility index (Phi) is 5.22. The second kappa shape index (κ2) is 6.71. The molecular formula is C15H28N2O2. The molecule has 0 radical (unpaired) electrons. The lowest BCUT2D eigenvalue weighted by atomic mass is 9.78. The van der Waals surface area contributed by atoms with E-state index in [9.17, 15) is 9.90 Å². The van der Waals surface area contributed by atoms with Gasteiger partial charge >= 0.3 is 5.97 Å². The molecule has 4 heteroatoms. The number of hydrogen-bond donors (Lipinski definition) is 2. The van der Waals surface area contributed by atoms with Crippen molar-refractivity contribution in [1.82, 2.24) is 10.2 Å². The first-order valence-corrected chi connectivity index (χ1v) is 7.90. The maximum atomic E-state index is 11.7. The molecule has 1 aliphatic heterocycles. The number of aliphatic carboxylic acids is 1. The van der Waals surface area contributed by atoms with Crippen LogP contribution in [0.2, 0.25) is 0 Å². The molecule has 2 fully saturated rings. The van der Waals surface area contributed by atoms with Crippen LogP contribution >= 0.6 is 0 Å². The fraction of sp³-hybridized carbons (Fsp3) is 0.933. The molecule has 2 atom stereocenters. The molecule has 1 heterocycles. The van der Waals surface area contributed by atoms with Gasteiger partial charge < -0.3 is 15.3 Å². The lowest BCUT2D eigenvalue weighted by Gasteiger charge is -2.44. The molecule has 2 N–H and O–H groups in total. The summed E-state index contributed by atoms with van der Waals surface area (Å²) in [6.45, 7) is 5.22. The van der Waals surface area contributed by atoms with Crippen LogP contribution in [0.25, 0.3) is 0 Å². The van der Waals surface area contributed by atoms with Gasteiger partial charge in [0.1, 0.15) is 5.54 Å². The van der Waals surface area contributed by atoms with Gasteiger partial charge in [0.2, 0.25) is 0 Å². The van der Waals surface area contributed by atoms with Crippen LogP contribution in [0.4, 0.5) is 0 Å². The zero-order chi connectivity index (χ0) is 13.7. The van der Waals surface area contributed by atoms with Crippen LogP contribution in [0.15, 0.2) is 0 Å². The van der Waals surface area contributed by atoms with Crippen LogP contribution < -0.4 is 5.32 Å². The molecule has 2 rings (SSSR count). The average molecular weight is 268 g/mol. The SMILES string of the molecule is CCCNC1(C(=O)O)CCCC(N2CCCCC2)C1. The topological polar surface area (TPSA) is 52.6 Å². The minimum atomic E-state index is -0.670. The molecule has 0 spiro atoms. The zero-order valence-corrected chi connectivity index (χ0v) is 12.2. The van der Waals surface area contributed by atoms with Crippen LogP contribution in [-0.2, 0) is 4.79 Å². The number of carboxylic acid groups (broad SMARTS) is 1. The number of nitrogens with zero attached hydrogens (tertiary/aromatic N) is 1. The Morgan fingerprint density at radius 1 is 1.32 bits per heavy atom. The van der Waals surface area contributed by atoms with E-state index in [1.807, 2.05) is 0 Å². The van der Waals surface area contributed by atoms with Gasteiger partial charge in [0.15, 0.2) is 0 Å². The number of piperidine rings is 1. The van der Waals surface area contributed by atoms with Crippen molar-refractivity contribution in [3.8, 4) is 0 Å². The Morgan fingerprint density at radius 2 is 2.05 bits per heavy atom. The van der Waals surface area contributed by atoms with Gasteiger partial charge in [-0.1, -0.05) is 13.3 Å². The highest BCUT2D eigenvalue weighted by Crippen LogP contribution is 2.33. The highest BCUT2D eigenvalue weighted by atomic mass is 16.4. The standard InChI is InChI=1S/C15H28N2O2/c1-2-9-16-15(14(18)19)8-6-7-13(12-15)17-10-4-3-5-11-17/h13,16H,2-12H2,1H3,(H,18,19). The van der Waals surface area contributed by atoms with E-state index < -0.39 is 11.5 Å². The number of rotatable bonds is 5. The Bertz CT molecular complexity index is 303. The molecule has 19 heavy (non-hydrogen) atoms. The van der Waals surface area contributed by atoms with Crippen molar-refractivity contribution in [1.29, 1.82) is 0 Å². The van der Waals surface area contributed by atoms with E-state index in [0.29, 0.717) is 6.04 Å². The molecule has 0 aromatic rings. The number of likely N-dealkylation sites (tertiary alicyclic amines) is 1. The minimum Gasteiger partial charge on any atom is -0.480 e. The zero-order valence-electron chi connectivity index (χ0n) is 12.2. The first-order valence-electron chi connectivity index (χ1n) is 7.90. The number of carboxylic acids is 1. The summed E-state index contributed by atoms with van der Waals surface area (Å²) in [6.07, 6.45) is 8.64. The van der Waals surface area contributed by atoms with Gasteiger partial charge in [-0.3, -0.25) is 4.79 Å². The molecule has 0 aromatic heterocycles. The molecule has 1 saturated heterocycles. The van der Waals surface area contributed by atoms with E-state index in [0.717, 1.165) is 45.3 Å². The van der Waals surface area contributed by atoms with Crippen molar-refractivity contribution in [2.75, 3.05) is 19.6 Å². The van der Waals surface area contributed by atoms with Crippen LogP contribution in [0.5, 0.6) is 0 Å². The fourth-order valence-corrected chi connectivity index (χ4v) is 3.64. The first-order chi connectivity index (χ1) is 9.18. The third-order valence-corrected chi connectivity index (χ3v) is 4.75. The quantitative estimate of drug-likeness (QED) is 0.803. The Labute approximate surface area is 116 Å². The summed E-state index contributed by atoms with van der Waals surface area (Å²) in [7, 11) is 0. The van der Waals surface area contributed by atoms with Crippen LogP contribution in [0.1, 0.15) is 58.3 Å². The molecule has 0 amide bonds. The van der Waals surface area contributed by atoms with Crippen LogP contribution in [0.3, 0.4) is 0 Å². The number of nitrogens with one attached hydrogen (secondary N) is 1. The van der Waals surface area contributed by atoms with Gasteiger partial charge in [-0.25, -0.2) is 0 Å². The van der Waals surface area contributed by atoms with Gasteiger partial charge in [-0.2, -0.15) is 0 Å². The second-order valence-corrected chi connectivity index (χ2v) is 6.16. The van der Waals surface area contributed by atoms with Gasteiger partial charge in [0.25, 0.3) is 0 Å². The highest BCUT2D eigenvalue weighted by molar-refractivity contribution is 5.79. The van der Waals surface area contributed by atoms with Crippen molar-refractivity contribution in [3.63, 3.8) is 0 Å². The Morgan fingerprint density at radius 3 is 2.68 bits per heavy atom. The molecule has 4 nitrogen and oxygen atoms in total. The maximum Gasteiger partial charge on any atom is 0.323 e. The van der Waals surface area contributed by atoms with Crippen LogP contribution in [-0.4, -0.2) is 47.2 Å². The number of hydrogen-bond acceptors (Lipinski definition) is 3. The normalized spacial score (nSPS) is 33.2. The molecular weight excluding hydrogens is 240 g/mol. The molecule has 2 unspecified atom stereocenters. The Balaban J connectivity index is 2.01.